The second kappa shape index (κ2) is 4.54. The van der Waals surface area contributed by atoms with Gasteiger partial charge in [0.1, 0.15) is 0 Å². The number of rotatable bonds is 4. The first-order valence-electron chi connectivity index (χ1n) is 4.50. The van der Waals surface area contributed by atoms with Gasteiger partial charge in [-0.3, -0.25) is 4.57 Å². The van der Waals surface area contributed by atoms with Gasteiger partial charge in [-0.05, 0) is 5.92 Å². The zero-order valence-electron chi connectivity index (χ0n) is 9.41. The Morgan fingerprint density at radius 1 is 1.38 bits per heavy atom. The van der Waals surface area contributed by atoms with E-state index in [9.17, 15) is 13.0 Å². The third-order valence-electron chi connectivity index (χ3n) is 2.07. The predicted molar refractivity (Wildman–Crippen MR) is 57.7 cm³/mol. The first kappa shape index (κ1) is 13.8. The van der Waals surface area contributed by atoms with Gasteiger partial charge < -0.3 is 9.05 Å². The largest absolute Gasteiger partial charge is 0.382 e. The van der Waals surface area contributed by atoms with Crippen molar-refractivity contribution in [1.82, 2.24) is 0 Å². The van der Waals surface area contributed by atoms with Crippen LogP contribution < -0.4 is 0 Å². The van der Waals surface area contributed by atoms with E-state index in [4.69, 9.17) is 9.05 Å². The summed E-state index contributed by atoms with van der Waals surface area (Å²) >= 11 is 0. The molecule has 1 aliphatic heterocycles. The molecule has 0 fully saturated rings. The first-order valence-corrected chi connectivity index (χ1v) is 7.47. The Bertz CT molecular complexity index is 434. The maximum Gasteiger partial charge on any atom is 0.382 e. The number of hydrogen-bond acceptors (Lipinski definition) is 6. The molecule has 0 amide bonds. The molecule has 1 atom stereocenters. The molecule has 0 aliphatic carbocycles. The zero-order chi connectivity index (χ0) is 12.6. The van der Waals surface area contributed by atoms with Gasteiger partial charge in [0, 0.05) is 14.2 Å². The van der Waals surface area contributed by atoms with Crippen LogP contribution in [0.25, 0.3) is 0 Å². The summed E-state index contributed by atoms with van der Waals surface area (Å²) in [7, 11) is -5.36. The zero-order valence-corrected chi connectivity index (χ0v) is 11.1. The Morgan fingerprint density at radius 3 is 2.25 bits per heavy atom. The van der Waals surface area contributed by atoms with Crippen LogP contribution in [0.4, 0.5) is 0 Å². The van der Waals surface area contributed by atoms with Gasteiger partial charge in [0.15, 0.2) is 0 Å². The predicted octanol–water partition coefficient (Wildman–Crippen LogP) is 1.17. The monoisotopic (exact) mass is 271 g/mol. The molecule has 0 N–H and O–H groups in total. The van der Waals surface area contributed by atoms with Crippen LogP contribution in [0.1, 0.15) is 13.8 Å². The summed E-state index contributed by atoms with van der Waals surface area (Å²) < 4.78 is 51.9. The van der Waals surface area contributed by atoms with E-state index < -0.39 is 23.7 Å². The minimum atomic E-state index is -4.04. The molecule has 0 saturated heterocycles. The van der Waals surface area contributed by atoms with E-state index in [1.54, 1.807) is 13.8 Å². The highest BCUT2D eigenvalue weighted by atomic mass is 32.2. The normalized spacial score (nSPS) is 24.8. The highest BCUT2D eigenvalue weighted by Crippen LogP contribution is 2.55. The van der Waals surface area contributed by atoms with Gasteiger partial charge in [-0.1, -0.05) is 13.8 Å². The summed E-state index contributed by atoms with van der Waals surface area (Å²) in [6.45, 7) is 3.43. The van der Waals surface area contributed by atoms with Crippen LogP contribution in [0.5, 0.6) is 0 Å². The smallest absolute Gasteiger partial charge is 0.310 e. The highest BCUT2D eigenvalue weighted by molar-refractivity contribution is 7.86. The Balaban J connectivity index is 3.18. The summed E-state index contributed by atoms with van der Waals surface area (Å²) in [5.41, 5.74) is 0.145. The maximum atomic E-state index is 12.0. The van der Waals surface area contributed by atoms with Crippen molar-refractivity contribution in [2.24, 2.45) is 10.3 Å². The second-order valence-corrected chi connectivity index (χ2v) is 6.96. The third-order valence-corrected chi connectivity index (χ3v) is 5.05. The average molecular weight is 271 g/mol. The van der Waals surface area contributed by atoms with Crippen molar-refractivity contribution in [1.29, 1.82) is 0 Å². The van der Waals surface area contributed by atoms with E-state index in [1.165, 1.54) is 0 Å². The molecule has 9 heteroatoms. The van der Waals surface area contributed by atoms with E-state index in [0.29, 0.717) is 0 Å². The Labute approximate surface area is 94.6 Å². The Hall–Kier alpha value is -0.270. The fourth-order valence-corrected chi connectivity index (χ4v) is 4.21. The van der Waals surface area contributed by atoms with Gasteiger partial charge in [0.25, 0.3) is 0 Å². The third kappa shape index (κ3) is 2.52. The quantitative estimate of drug-likeness (QED) is 0.713. The summed E-state index contributed by atoms with van der Waals surface area (Å²) in [4.78, 5) is 0. The summed E-state index contributed by atoms with van der Waals surface area (Å²) in [5, 5.41) is 0. The molecule has 7 nitrogen and oxygen atoms in total. The second-order valence-electron chi connectivity index (χ2n) is 3.45. The molecule has 0 radical (unpaired) electrons. The van der Waals surface area contributed by atoms with Gasteiger partial charge in [-0.2, -0.15) is 8.42 Å². The van der Waals surface area contributed by atoms with E-state index in [0.717, 1.165) is 14.2 Å². The van der Waals surface area contributed by atoms with E-state index >= 15 is 0 Å². The van der Waals surface area contributed by atoms with Crippen LogP contribution in [-0.2, 0) is 28.1 Å². The van der Waals surface area contributed by atoms with Gasteiger partial charge >= 0.3 is 17.9 Å². The summed E-state index contributed by atoms with van der Waals surface area (Å²) in [6.07, 6.45) is 0. The molecule has 0 aromatic carbocycles. The van der Waals surface area contributed by atoms with Crippen molar-refractivity contribution in [2.45, 2.75) is 19.7 Å². The fourth-order valence-electron chi connectivity index (χ4n) is 1.23. The molecule has 0 saturated carbocycles. The molecule has 0 aromatic heterocycles. The van der Waals surface area contributed by atoms with Crippen molar-refractivity contribution in [3.63, 3.8) is 0 Å². The Kier molecular flexibility index (Phi) is 3.91. The molecule has 0 spiro atoms. The number of nitrogens with zero attached hydrogens (tertiary/aromatic N) is 1. The molecule has 0 bridgehead atoms. The molecule has 16 heavy (non-hydrogen) atoms. The standard InChI is InChI=1S/C7H14NO6PS/c1-5(2)6-7(14-16(10,11)8-6)15(9,12-3)13-4/h5,7H,1-4H3. The lowest BCUT2D eigenvalue weighted by Gasteiger charge is -2.20. The topological polar surface area (TPSA) is 91.3 Å². The molecule has 1 heterocycles. The minimum Gasteiger partial charge on any atom is -0.310 e. The highest BCUT2D eigenvalue weighted by Gasteiger charge is 2.48. The van der Waals surface area contributed by atoms with Crippen LogP contribution in [0.2, 0.25) is 0 Å². The van der Waals surface area contributed by atoms with Crippen LogP contribution in [0, 0.1) is 5.92 Å². The van der Waals surface area contributed by atoms with E-state index in [1.807, 2.05) is 0 Å². The molecular weight excluding hydrogens is 257 g/mol. The summed E-state index contributed by atoms with van der Waals surface area (Å²) in [6, 6.07) is 0. The molecule has 1 rings (SSSR count). The van der Waals surface area contributed by atoms with Crippen molar-refractivity contribution < 1.29 is 26.2 Å². The SMILES string of the molecule is COP(=O)(OC)C1OS(=O)(=O)N=C1C(C)C. The van der Waals surface area contributed by atoms with Crippen LogP contribution in [0.15, 0.2) is 4.40 Å². The minimum absolute atomic E-state index is 0.145. The van der Waals surface area contributed by atoms with Crippen molar-refractivity contribution in [2.75, 3.05) is 14.2 Å². The first-order chi connectivity index (χ1) is 7.25. The molecule has 0 aromatic rings. The lowest BCUT2D eigenvalue weighted by atomic mass is 10.1. The summed E-state index contributed by atoms with van der Waals surface area (Å²) in [5.74, 6) is -1.52. The van der Waals surface area contributed by atoms with Crippen molar-refractivity contribution >= 4 is 23.6 Å². The van der Waals surface area contributed by atoms with E-state index in [2.05, 4.69) is 8.58 Å². The lowest BCUT2D eigenvalue weighted by Crippen LogP contribution is -2.25. The van der Waals surface area contributed by atoms with E-state index in [-0.39, 0.29) is 11.6 Å². The average Bonchev–Trinajstić information content (AvgIpc) is 2.54. The van der Waals surface area contributed by atoms with Crippen molar-refractivity contribution in [3.8, 4) is 0 Å². The van der Waals surface area contributed by atoms with Crippen LogP contribution in [-0.4, -0.2) is 34.2 Å². The van der Waals surface area contributed by atoms with Crippen molar-refractivity contribution in [3.05, 3.63) is 0 Å². The Morgan fingerprint density at radius 2 is 1.88 bits per heavy atom. The van der Waals surface area contributed by atoms with Crippen LogP contribution >= 0.6 is 7.60 Å². The fraction of sp³-hybridized carbons (Fsp3) is 0.857. The number of hydrogen-bond donors (Lipinski definition) is 0. The van der Waals surface area contributed by atoms with Gasteiger partial charge in [0.2, 0.25) is 5.85 Å². The molecule has 1 unspecified atom stereocenters. The maximum absolute atomic E-state index is 12.0. The lowest BCUT2D eigenvalue weighted by molar-refractivity contribution is 0.225. The molecule has 1 aliphatic rings. The molecule has 94 valence electrons. The molecular formula is C7H14NO6PS. The van der Waals surface area contributed by atoms with Gasteiger partial charge in [-0.15, -0.1) is 4.40 Å². The van der Waals surface area contributed by atoms with Crippen LogP contribution in [0.3, 0.4) is 0 Å². The van der Waals surface area contributed by atoms with Gasteiger partial charge in [0.05, 0.1) is 5.71 Å². The van der Waals surface area contributed by atoms with Gasteiger partial charge in [-0.25, -0.2) is 4.18 Å².